The van der Waals surface area contributed by atoms with E-state index in [2.05, 4.69) is 4.72 Å². The Bertz CT molecular complexity index is 879. The van der Waals surface area contributed by atoms with E-state index in [1.807, 2.05) is 12.1 Å². The van der Waals surface area contributed by atoms with Crippen molar-refractivity contribution in [3.8, 4) is 11.1 Å². The fourth-order valence-electron chi connectivity index (χ4n) is 3.48. The largest absolute Gasteiger partial charge is 0.214 e. The monoisotopic (exact) mass is 379 g/mol. The molecular weight excluding hydrogens is 356 g/mol. The van der Waals surface area contributed by atoms with Gasteiger partial charge in [0.05, 0.1) is 5.25 Å². The summed E-state index contributed by atoms with van der Waals surface area (Å²) in [4.78, 5) is 0. The van der Waals surface area contributed by atoms with Gasteiger partial charge in [0.2, 0.25) is 10.0 Å². The minimum Gasteiger partial charge on any atom is -0.212 e. The number of benzene rings is 2. The lowest BCUT2D eigenvalue weighted by Gasteiger charge is -2.23. The van der Waals surface area contributed by atoms with Crippen molar-refractivity contribution in [3.05, 3.63) is 59.7 Å². The molecule has 1 aliphatic carbocycles. The van der Waals surface area contributed by atoms with E-state index in [-0.39, 0.29) is 12.0 Å². The third-order valence-electron chi connectivity index (χ3n) is 5.03. The van der Waals surface area contributed by atoms with Gasteiger partial charge in [-0.3, -0.25) is 0 Å². The zero-order valence-electron chi connectivity index (χ0n) is 14.9. The normalized spacial score (nSPS) is 20.7. The fraction of sp³-hybridized carbons (Fsp3) is 0.400. The summed E-state index contributed by atoms with van der Waals surface area (Å²) < 4.78 is 54.2. The lowest BCUT2D eigenvalue weighted by molar-refractivity contribution is 0.519. The van der Waals surface area contributed by atoms with E-state index in [4.69, 9.17) is 0 Å². The first-order valence-electron chi connectivity index (χ1n) is 8.84. The summed E-state index contributed by atoms with van der Waals surface area (Å²) in [5.74, 6) is -1.09. The molecule has 0 radical (unpaired) electrons. The molecule has 2 aromatic rings. The Balaban J connectivity index is 1.81. The van der Waals surface area contributed by atoms with Gasteiger partial charge in [0.25, 0.3) is 0 Å². The van der Waals surface area contributed by atoms with E-state index in [0.29, 0.717) is 11.1 Å². The zero-order valence-corrected chi connectivity index (χ0v) is 15.7. The van der Waals surface area contributed by atoms with Crippen molar-refractivity contribution in [2.45, 2.75) is 50.3 Å². The lowest BCUT2D eigenvalue weighted by Crippen LogP contribution is -2.40. The summed E-state index contributed by atoms with van der Waals surface area (Å²) in [6.07, 6.45) is 2.69. The van der Waals surface area contributed by atoms with E-state index in [1.54, 1.807) is 26.0 Å². The summed E-state index contributed by atoms with van der Waals surface area (Å²) in [6, 6.07) is 10.8. The Morgan fingerprint density at radius 2 is 1.73 bits per heavy atom. The highest BCUT2D eigenvalue weighted by molar-refractivity contribution is 7.90. The molecule has 140 valence electrons. The molecule has 3 rings (SSSR count). The molecule has 1 aliphatic rings. The Morgan fingerprint density at radius 3 is 2.35 bits per heavy atom. The van der Waals surface area contributed by atoms with Crippen molar-refractivity contribution >= 4 is 10.0 Å². The van der Waals surface area contributed by atoms with Crippen LogP contribution in [0.4, 0.5) is 8.78 Å². The molecule has 2 aromatic carbocycles. The number of sulfonamides is 1. The van der Waals surface area contributed by atoms with E-state index < -0.39 is 26.9 Å². The average Bonchev–Trinajstić information content (AvgIpc) is 3.02. The van der Waals surface area contributed by atoms with E-state index in [0.717, 1.165) is 30.9 Å². The quantitative estimate of drug-likeness (QED) is 0.826. The minimum atomic E-state index is -3.32. The first kappa shape index (κ1) is 19.0. The van der Waals surface area contributed by atoms with Gasteiger partial charge in [0.15, 0.2) is 0 Å². The molecular formula is C20H23F2NO2S. The van der Waals surface area contributed by atoms with E-state index >= 15 is 0 Å². The molecule has 1 saturated carbocycles. The van der Waals surface area contributed by atoms with Crippen molar-refractivity contribution in [2.24, 2.45) is 0 Å². The number of hydrogen-bond acceptors (Lipinski definition) is 2. The van der Waals surface area contributed by atoms with Crippen LogP contribution in [0.5, 0.6) is 0 Å². The van der Waals surface area contributed by atoms with Gasteiger partial charge in [-0.15, -0.1) is 0 Å². The second-order valence-electron chi connectivity index (χ2n) is 7.10. The van der Waals surface area contributed by atoms with E-state index in [9.17, 15) is 17.2 Å². The van der Waals surface area contributed by atoms with Gasteiger partial charge in [-0.25, -0.2) is 21.9 Å². The molecule has 0 amide bonds. The summed E-state index contributed by atoms with van der Waals surface area (Å²) >= 11 is 0. The molecule has 2 unspecified atom stereocenters. The van der Waals surface area contributed by atoms with E-state index in [1.165, 1.54) is 12.1 Å². The zero-order chi connectivity index (χ0) is 18.9. The highest BCUT2D eigenvalue weighted by atomic mass is 32.2. The van der Waals surface area contributed by atoms with Crippen LogP contribution in [0.25, 0.3) is 11.1 Å². The molecule has 1 fully saturated rings. The van der Waals surface area contributed by atoms with Crippen LogP contribution in [-0.2, 0) is 10.0 Å². The molecule has 0 bridgehead atoms. The minimum absolute atomic E-state index is 0.107. The van der Waals surface area contributed by atoms with Crippen LogP contribution in [0.3, 0.4) is 0 Å². The predicted octanol–water partition coefficient (Wildman–Crippen LogP) is 4.60. The third kappa shape index (κ3) is 3.96. The molecule has 2 atom stereocenters. The first-order chi connectivity index (χ1) is 12.3. The third-order valence-corrected chi connectivity index (χ3v) is 6.91. The average molecular weight is 379 g/mol. The molecule has 0 aliphatic heterocycles. The van der Waals surface area contributed by atoms with Crippen molar-refractivity contribution in [1.29, 1.82) is 0 Å². The standard InChI is InChI=1S/C20H23F2NO2S/c1-13(2)26(24,25)23-20-5-3-4-18(20)15-8-6-14(7-9-15)17-11-10-16(21)12-19(17)22/h6-13,18,20,23H,3-5H2,1-2H3. The highest BCUT2D eigenvalue weighted by Gasteiger charge is 2.32. The summed E-state index contributed by atoms with van der Waals surface area (Å²) in [5.41, 5.74) is 2.05. The van der Waals surface area contributed by atoms with Crippen LogP contribution in [0.2, 0.25) is 0 Å². The van der Waals surface area contributed by atoms with Gasteiger partial charge in [0.1, 0.15) is 11.6 Å². The molecule has 3 nitrogen and oxygen atoms in total. The van der Waals surface area contributed by atoms with Crippen molar-refractivity contribution in [3.63, 3.8) is 0 Å². The maximum Gasteiger partial charge on any atom is 0.214 e. The summed E-state index contributed by atoms with van der Waals surface area (Å²) in [5, 5.41) is -0.465. The Labute approximate surface area is 153 Å². The molecule has 0 aromatic heterocycles. The predicted molar refractivity (Wildman–Crippen MR) is 99.4 cm³/mol. The lowest BCUT2D eigenvalue weighted by atomic mass is 9.92. The number of nitrogens with one attached hydrogen (secondary N) is 1. The number of hydrogen-bond donors (Lipinski definition) is 1. The van der Waals surface area contributed by atoms with Crippen LogP contribution in [0, 0.1) is 11.6 Å². The second kappa shape index (κ2) is 7.45. The van der Waals surface area contributed by atoms with Crippen LogP contribution >= 0.6 is 0 Å². The van der Waals surface area contributed by atoms with Gasteiger partial charge in [0, 0.05) is 23.6 Å². The van der Waals surface area contributed by atoms with Crippen molar-refractivity contribution in [1.82, 2.24) is 4.72 Å². The molecule has 1 N–H and O–H groups in total. The van der Waals surface area contributed by atoms with Gasteiger partial charge in [-0.2, -0.15) is 0 Å². The Morgan fingerprint density at radius 1 is 1.04 bits per heavy atom. The van der Waals surface area contributed by atoms with Crippen molar-refractivity contribution < 1.29 is 17.2 Å². The molecule has 26 heavy (non-hydrogen) atoms. The molecule has 0 saturated heterocycles. The molecule has 0 spiro atoms. The topological polar surface area (TPSA) is 46.2 Å². The van der Waals surface area contributed by atoms with Gasteiger partial charge >= 0.3 is 0 Å². The van der Waals surface area contributed by atoms with Crippen LogP contribution in [0.15, 0.2) is 42.5 Å². The number of rotatable bonds is 5. The van der Waals surface area contributed by atoms with Crippen LogP contribution in [0.1, 0.15) is 44.6 Å². The van der Waals surface area contributed by atoms with Gasteiger partial charge in [-0.1, -0.05) is 30.7 Å². The van der Waals surface area contributed by atoms with Gasteiger partial charge < -0.3 is 0 Å². The van der Waals surface area contributed by atoms with Crippen molar-refractivity contribution in [2.75, 3.05) is 0 Å². The SMILES string of the molecule is CC(C)S(=O)(=O)NC1CCCC1c1ccc(-c2ccc(F)cc2F)cc1. The molecule has 6 heteroatoms. The second-order valence-corrected chi connectivity index (χ2v) is 9.37. The van der Waals surface area contributed by atoms with Crippen LogP contribution < -0.4 is 4.72 Å². The summed E-state index contributed by atoms with van der Waals surface area (Å²) in [7, 11) is -3.32. The Hall–Kier alpha value is -1.79. The summed E-state index contributed by atoms with van der Waals surface area (Å²) in [6.45, 7) is 3.33. The maximum atomic E-state index is 13.9. The highest BCUT2D eigenvalue weighted by Crippen LogP contribution is 2.36. The molecule has 0 heterocycles. The van der Waals surface area contributed by atoms with Gasteiger partial charge in [-0.05, 0) is 49.9 Å². The first-order valence-corrected chi connectivity index (χ1v) is 10.4. The smallest absolute Gasteiger partial charge is 0.212 e. The maximum absolute atomic E-state index is 13.9. The Kier molecular flexibility index (Phi) is 5.44. The van der Waals surface area contributed by atoms with Crippen LogP contribution in [-0.4, -0.2) is 19.7 Å². The number of halogens is 2. The fourth-order valence-corrected chi connectivity index (χ4v) is 4.46.